The molecule has 0 bridgehead atoms. The van der Waals surface area contributed by atoms with Crippen molar-refractivity contribution in [3.8, 4) is 11.1 Å². The Morgan fingerprint density at radius 3 is 2.48 bits per heavy atom. The first-order chi connectivity index (χ1) is 13.0. The van der Waals surface area contributed by atoms with E-state index in [0.717, 1.165) is 11.1 Å². The van der Waals surface area contributed by atoms with Gasteiger partial charge in [0.05, 0.1) is 11.9 Å². The molecule has 27 heavy (non-hydrogen) atoms. The van der Waals surface area contributed by atoms with E-state index in [2.05, 4.69) is 20.6 Å². The smallest absolute Gasteiger partial charge is 0.278 e. The lowest BCUT2D eigenvalue weighted by Gasteiger charge is -2.08. The van der Waals surface area contributed by atoms with E-state index < -0.39 is 5.91 Å². The second kappa shape index (κ2) is 6.77. The van der Waals surface area contributed by atoms with Gasteiger partial charge >= 0.3 is 0 Å². The largest absolute Gasteiger partial charge is 0.321 e. The predicted molar refractivity (Wildman–Crippen MR) is 100 cm³/mol. The van der Waals surface area contributed by atoms with Crippen LogP contribution in [-0.4, -0.2) is 25.7 Å². The number of rotatable bonds is 3. The minimum atomic E-state index is -0.447. The Bertz CT molecular complexity index is 1140. The molecule has 0 fully saturated rings. The van der Waals surface area contributed by atoms with E-state index in [4.69, 9.17) is 11.6 Å². The van der Waals surface area contributed by atoms with E-state index in [1.54, 1.807) is 29.8 Å². The lowest BCUT2D eigenvalue weighted by Crippen LogP contribution is -2.18. The molecule has 6 nitrogen and oxygen atoms in total. The number of hydrogen-bond donors (Lipinski definition) is 1. The zero-order valence-corrected chi connectivity index (χ0v) is 14.9. The zero-order chi connectivity index (χ0) is 19.0. The maximum Gasteiger partial charge on any atom is 0.278 e. The molecule has 0 spiro atoms. The van der Waals surface area contributed by atoms with Crippen LogP contribution in [0.25, 0.3) is 16.8 Å². The molecule has 0 atom stereocenters. The number of aryl methyl sites for hydroxylation is 1. The number of carbonyl (C=O) groups is 1. The van der Waals surface area contributed by atoms with Crippen LogP contribution in [0, 0.1) is 12.7 Å². The molecule has 4 aromatic rings. The molecule has 2 heterocycles. The van der Waals surface area contributed by atoms with Crippen molar-refractivity contribution in [2.45, 2.75) is 6.92 Å². The van der Waals surface area contributed by atoms with Gasteiger partial charge in [-0.15, -0.1) is 10.2 Å². The Labute approximate surface area is 158 Å². The number of nitrogens with zero attached hydrogens (tertiary/aromatic N) is 4. The number of fused-ring (bicyclic) bond motifs is 1. The maximum atomic E-state index is 13.0. The summed E-state index contributed by atoms with van der Waals surface area (Å²) in [4.78, 5) is 12.5. The average Bonchev–Trinajstić information content (AvgIpc) is 3.09. The van der Waals surface area contributed by atoms with Crippen LogP contribution in [0.3, 0.4) is 0 Å². The average molecular weight is 382 g/mol. The fraction of sp³-hybridized carbons (Fsp3) is 0.0526. The number of halogens is 2. The molecule has 0 aliphatic rings. The molecule has 1 amide bonds. The second-order valence-electron chi connectivity index (χ2n) is 5.90. The SMILES string of the molecule is Cc1c(C(=O)Nc2ccc(F)cc2)nnc2c(-c3ccc(Cl)cc3)cnn12. The van der Waals surface area contributed by atoms with E-state index in [1.807, 2.05) is 12.1 Å². The van der Waals surface area contributed by atoms with Crippen molar-refractivity contribution >= 4 is 28.8 Å². The molecule has 0 radical (unpaired) electrons. The van der Waals surface area contributed by atoms with E-state index in [-0.39, 0.29) is 11.5 Å². The van der Waals surface area contributed by atoms with Crippen LogP contribution in [0.15, 0.2) is 54.7 Å². The lowest BCUT2D eigenvalue weighted by molar-refractivity contribution is 0.102. The van der Waals surface area contributed by atoms with Crippen LogP contribution in [0.1, 0.15) is 16.2 Å². The summed E-state index contributed by atoms with van der Waals surface area (Å²) in [5, 5.41) is 15.9. The first kappa shape index (κ1) is 17.1. The molecule has 0 unspecified atom stereocenters. The minimum Gasteiger partial charge on any atom is -0.321 e. The van der Waals surface area contributed by atoms with Crippen molar-refractivity contribution in [2.75, 3.05) is 5.32 Å². The summed E-state index contributed by atoms with van der Waals surface area (Å²) in [5.41, 5.74) is 3.36. The molecule has 2 aromatic carbocycles. The van der Waals surface area contributed by atoms with Crippen LogP contribution in [0.2, 0.25) is 5.02 Å². The molecule has 4 rings (SSSR count). The van der Waals surface area contributed by atoms with Gasteiger partial charge < -0.3 is 5.32 Å². The van der Waals surface area contributed by atoms with E-state index in [9.17, 15) is 9.18 Å². The zero-order valence-electron chi connectivity index (χ0n) is 14.1. The Hall–Kier alpha value is -3.32. The number of carbonyl (C=O) groups excluding carboxylic acids is 1. The highest BCUT2D eigenvalue weighted by atomic mass is 35.5. The topological polar surface area (TPSA) is 72.2 Å². The van der Waals surface area contributed by atoms with Gasteiger partial charge in [0.1, 0.15) is 5.82 Å². The normalized spacial score (nSPS) is 10.9. The number of aromatic nitrogens is 4. The Morgan fingerprint density at radius 2 is 1.78 bits per heavy atom. The third kappa shape index (κ3) is 3.24. The highest BCUT2D eigenvalue weighted by Crippen LogP contribution is 2.25. The highest BCUT2D eigenvalue weighted by molar-refractivity contribution is 6.30. The van der Waals surface area contributed by atoms with Crippen molar-refractivity contribution in [3.05, 3.63) is 77.0 Å². The standard InChI is InChI=1S/C19H13ClFN5O/c1-11-17(19(27)23-15-8-6-14(21)7-9-15)24-25-18-16(10-22-26(11)18)12-2-4-13(20)5-3-12/h2-10H,1H3,(H,23,27). The summed E-state index contributed by atoms with van der Waals surface area (Å²) >= 11 is 5.93. The van der Waals surface area contributed by atoms with Crippen molar-refractivity contribution in [1.82, 2.24) is 19.8 Å². The van der Waals surface area contributed by atoms with Gasteiger partial charge in [0.15, 0.2) is 11.3 Å². The van der Waals surface area contributed by atoms with Gasteiger partial charge in [-0.3, -0.25) is 4.79 Å². The number of nitrogens with one attached hydrogen (secondary N) is 1. The van der Waals surface area contributed by atoms with Crippen molar-refractivity contribution in [1.29, 1.82) is 0 Å². The predicted octanol–water partition coefficient (Wildman–Crippen LogP) is 4.14. The van der Waals surface area contributed by atoms with Crippen molar-refractivity contribution in [2.24, 2.45) is 0 Å². The molecule has 1 N–H and O–H groups in total. The first-order valence-corrected chi connectivity index (χ1v) is 8.44. The van der Waals surface area contributed by atoms with Crippen LogP contribution in [-0.2, 0) is 0 Å². The summed E-state index contributed by atoms with van der Waals surface area (Å²) in [6.45, 7) is 1.74. The van der Waals surface area contributed by atoms with Gasteiger partial charge in [0.25, 0.3) is 5.91 Å². The van der Waals surface area contributed by atoms with Gasteiger partial charge in [0.2, 0.25) is 0 Å². The van der Waals surface area contributed by atoms with Crippen LogP contribution < -0.4 is 5.32 Å². The molecule has 2 aromatic heterocycles. The third-order valence-corrected chi connectivity index (χ3v) is 4.37. The monoisotopic (exact) mass is 381 g/mol. The van der Waals surface area contributed by atoms with Crippen LogP contribution in [0.5, 0.6) is 0 Å². The Balaban J connectivity index is 1.69. The number of hydrogen-bond acceptors (Lipinski definition) is 4. The summed E-state index contributed by atoms with van der Waals surface area (Å²) in [5.74, 6) is -0.825. The van der Waals surface area contributed by atoms with E-state index in [1.165, 1.54) is 24.3 Å². The van der Waals surface area contributed by atoms with Crippen molar-refractivity contribution in [3.63, 3.8) is 0 Å². The van der Waals surface area contributed by atoms with Gasteiger partial charge in [-0.25, -0.2) is 8.91 Å². The van der Waals surface area contributed by atoms with Gasteiger partial charge in [-0.2, -0.15) is 5.10 Å². The second-order valence-corrected chi connectivity index (χ2v) is 6.33. The summed E-state index contributed by atoms with van der Waals surface area (Å²) in [7, 11) is 0. The van der Waals surface area contributed by atoms with Crippen molar-refractivity contribution < 1.29 is 9.18 Å². The molecule has 0 aliphatic carbocycles. The molecule has 0 aliphatic heterocycles. The number of amides is 1. The van der Waals surface area contributed by atoms with E-state index >= 15 is 0 Å². The number of benzene rings is 2. The molecule has 8 heteroatoms. The lowest BCUT2D eigenvalue weighted by atomic mass is 10.1. The van der Waals surface area contributed by atoms with Crippen LogP contribution in [0.4, 0.5) is 10.1 Å². The highest BCUT2D eigenvalue weighted by Gasteiger charge is 2.18. The van der Waals surface area contributed by atoms with Gasteiger partial charge in [0, 0.05) is 16.3 Å². The number of anilines is 1. The molecule has 0 saturated heterocycles. The summed E-state index contributed by atoms with van der Waals surface area (Å²) < 4.78 is 14.6. The van der Waals surface area contributed by atoms with Gasteiger partial charge in [-0.05, 0) is 48.9 Å². The maximum absolute atomic E-state index is 13.0. The fourth-order valence-corrected chi connectivity index (χ4v) is 2.85. The van der Waals surface area contributed by atoms with Crippen LogP contribution >= 0.6 is 11.6 Å². The quantitative estimate of drug-likeness (QED) is 0.578. The van der Waals surface area contributed by atoms with E-state index in [0.29, 0.717) is 22.1 Å². The molecule has 134 valence electrons. The molecular weight excluding hydrogens is 369 g/mol. The molecular formula is C19H13ClFN5O. The Morgan fingerprint density at radius 1 is 1.07 bits per heavy atom. The molecule has 0 saturated carbocycles. The minimum absolute atomic E-state index is 0.137. The first-order valence-electron chi connectivity index (χ1n) is 8.07. The van der Waals surface area contributed by atoms with Gasteiger partial charge in [-0.1, -0.05) is 23.7 Å². The fourth-order valence-electron chi connectivity index (χ4n) is 2.72. The third-order valence-electron chi connectivity index (χ3n) is 4.12. The Kier molecular flexibility index (Phi) is 4.29. The summed E-state index contributed by atoms with van der Waals surface area (Å²) in [6.07, 6.45) is 1.67. The summed E-state index contributed by atoms with van der Waals surface area (Å²) in [6, 6.07) is 12.8.